The van der Waals surface area contributed by atoms with Gasteiger partial charge in [-0.3, -0.25) is 19.6 Å². The number of benzene rings is 2. The van der Waals surface area contributed by atoms with Crippen LogP contribution in [0.5, 0.6) is 17.2 Å². The first-order valence-corrected chi connectivity index (χ1v) is 9.74. The molecule has 0 unspecified atom stereocenters. The lowest BCUT2D eigenvalue weighted by Gasteiger charge is -2.15. The number of alkyl halides is 3. The van der Waals surface area contributed by atoms with Gasteiger partial charge < -0.3 is 14.8 Å². The maximum atomic E-state index is 13.2. The molecule has 0 saturated carbocycles. The Kier molecular flexibility index (Phi) is 7.16. The zero-order valence-electron chi connectivity index (χ0n) is 17.3. The summed E-state index contributed by atoms with van der Waals surface area (Å²) >= 11 is 0. The summed E-state index contributed by atoms with van der Waals surface area (Å²) in [4.78, 5) is 22.4. The molecule has 9 nitrogen and oxygen atoms in total. The molecule has 0 saturated heterocycles. The van der Waals surface area contributed by atoms with Crippen LogP contribution in [0.15, 0.2) is 54.9 Å². The number of nitro groups is 1. The summed E-state index contributed by atoms with van der Waals surface area (Å²) in [5.41, 5.74) is -1.37. The quantitative estimate of drug-likeness (QED) is 0.352. The number of aryl methyl sites for hydroxylation is 1. The van der Waals surface area contributed by atoms with E-state index in [9.17, 15) is 28.1 Å². The number of aromatic nitrogens is 2. The van der Waals surface area contributed by atoms with Crippen molar-refractivity contribution >= 4 is 17.3 Å². The molecule has 0 fully saturated rings. The summed E-state index contributed by atoms with van der Waals surface area (Å²) in [5, 5.41) is 16.9. The summed E-state index contributed by atoms with van der Waals surface area (Å²) in [6.45, 7) is 2.30. The fourth-order valence-corrected chi connectivity index (χ4v) is 2.79. The molecule has 0 aliphatic rings. The fourth-order valence-electron chi connectivity index (χ4n) is 2.79. The van der Waals surface area contributed by atoms with E-state index >= 15 is 0 Å². The van der Waals surface area contributed by atoms with E-state index in [0.29, 0.717) is 18.1 Å². The average Bonchev–Trinajstić information content (AvgIpc) is 3.24. The van der Waals surface area contributed by atoms with Gasteiger partial charge in [-0.15, -0.1) is 0 Å². The molecule has 0 spiro atoms. The Morgan fingerprint density at radius 3 is 2.48 bits per heavy atom. The van der Waals surface area contributed by atoms with Crippen LogP contribution in [-0.4, -0.2) is 27.2 Å². The van der Waals surface area contributed by atoms with Crippen LogP contribution in [0.4, 0.5) is 24.5 Å². The van der Waals surface area contributed by atoms with Gasteiger partial charge in [0.05, 0.1) is 22.8 Å². The first kappa shape index (κ1) is 23.6. The van der Waals surface area contributed by atoms with Crippen molar-refractivity contribution in [1.29, 1.82) is 0 Å². The summed E-state index contributed by atoms with van der Waals surface area (Å²) in [6, 6.07) is 9.20. The van der Waals surface area contributed by atoms with Gasteiger partial charge in [-0.05, 0) is 49.4 Å². The molecule has 0 radical (unpaired) electrons. The Morgan fingerprint density at radius 2 is 1.88 bits per heavy atom. The van der Waals surface area contributed by atoms with Gasteiger partial charge in [0.2, 0.25) is 5.91 Å². The molecule has 1 N–H and O–H groups in total. The van der Waals surface area contributed by atoms with E-state index in [-0.39, 0.29) is 30.1 Å². The van der Waals surface area contributed by atoms with Crippen molar-refractivity contribution in [2.45, 2.75) is 26.1 Å². The number of amides is 1. The molecule has 3 aromatic rings. The van der Waals surface area contributed by atoms with Crippen molar-refractivity contribution in [3.05, 3.63) is 70.5 Å². The van der Waals surface area contributed by atoms with Gasteiger partial charge in [0.1, 0.15) is 23.9 Å². The minimum absolute atomic E-state index is 0.00623. The van der Waals surface area contributed by atoms with E-state index in [4.69, 9.17) is 9.47 Å². The highest BCUT2D eigenvalue weighted by Crippen LogP contribution is 2.37. The molecule has 33 heavy (non-hydrogen) atoms. The molecule has 12 heteroatoms. The van der Waals surface area contributed by atoms with E-state index < -0.39 is 22.6 Å². The maximum Gasteiger partial charge on any atom is 0.416 e. The maximum absolute atomic E-state index is 13.2. The van der Waals surface area contributed by atoms with E-state index in [1.54, 1.807) is 24.3 Å². The molecule has 174 valence electrons. The van der Waals surface area contributed by atoms with Crippen LogP contribution in [0.2, 0.25) is 0 Å². The third kappa shape index (κ3) is 6.45. The average molecular weight is 464 g/mol. The Balaban J connectivity index is 1.75. The van der Waals surface area contributed by atoms with Crippen molar-refractivity contribution in [3.63, 3.8) is 0 Å². The van der Waals surface area contributed by atoms with Crippen LogP contribution in [-0.2, 0) is 17.5 Å². The molecule has 0 bridgehead atoms. The van der Waals surface area contributed by atoms with Crippen LogP contribution >= 0.6 is 0 Å². The SMILES string of the molecule is CCOc1ccc(Oc2ccc(C(F)(F)F)cc2NC(=O)CCn2cc([N+](=O)[O-])cn2)cc1. The zero-order chi connectivity index (χ0) is 24.0. The largest absolute Gasteiger partial charge is 0.494 e. The van der Waals surface area contributed by atoms with Crippen molar-refractivity contribution in [2.75, 3.05) is 11.9 Å². The molecule has 1 heterocycles. The normalized spacial score (nSPS) is 11.2. The van der Waals surface area contributed by atoms with Gasteiger partial charge in [-0.1, -0.05) is 0 Å². The first-order valence-electron chi connectivity index (χ1n) is 9.74. The number of nitrogens with one attached hydrogen (secondary N) is 1. The van der Waals surface area contributed by atoms with Crippen molar-refractivity contribution in [2.24, 2.45) is 0 Å². The van der Waals surface area contributed by atoms with Gasteiger partial charge in [0.15, 0.2) is 5.75 Å². The number of anilines is 1. The molecule has 3 rings (SSSR count). The Hall–Kier alpha value is -4.09. The zero-order valence-corrected chi connectivity index (χ0v) is 17.3. The standard InChI is InChI=1S/C21H19F3N4O5/c1-2-32-16-4-6-17(7-5-16)33-19-8-3-14(21(22,23)24)11-18(19)26-20(29)9-10-27-13-15(12-25-27)28(30)31/h3-8,11-13H,2,9-10H2,1H3,(H,26,29). The lowest BCUT2D eigenvalue weighted by molar-refractivity contribution is -0.385. The predicted molar refractivity (Wildman–Crippen MR) is 111 cm³/mol. The number of halogens is 3. The number of carbonyl (C=O) groups is 1. The minimum atomic E-state index is -4.62. The van der Waals surface area contributed by atoms with Crippen LogP contribution in [0.25, 0.3) is 0 Å². The third-order valence-corrected chi connectivity index (χ3v) is 4.34. The molecule has 2 aromatic carbocycles. The van der Waals surface area contributed by atoms with Crippen LogP contribution in [0, 0.1) is 10.1 Å². The summed E-state index contributed by atoms with van der Waals surface area (Å²) in [5.74, 6) is 0.321. The molecule has 0 aliphatic carbocycles. The van der Waals surface area contributed by atoms with Crippen molar-refractivity contribution < 1.29 is 32.4 Å². The minimum Gasteiger partial charge on any atom is -0.494 e. The van der Waals surface area contributed by atoms with Gasteiger partial charge in [0.25, 0.3) is 0 Å². The number of ether oxygens (including phenoxy) is 2. The Bertz CT molecular complexity index is 1130. The monoisotopic (exact) mass is 464 g/mol. The van der Waals surface area contributed by atoms with Gasteiger partial charge in [-0.2, -0.15) is 18.3 Å². The molecule has 1 amide bonds. The topological polar surface area (TPSA) is 109 Å². The number of rotatable bonds is 9. The summed E-state index contributed by atoms with van der Waals surface area (Å²) in [6.07, 6.45) is -2.62. The third-order valence-electron chi connectivity index (χ3n) is 4.34. The second-order valence-electron chi connectivity index (χ2n) is 6.73. The highest BCUT2D eigenvalue weighted by Gasteiger charge is 2.31. The van der Waals surface area contributed by atoms with Crippen LogP contribution in [0.1, 0.15) is 18.9 Å². The van der Waals surface area contributed by atoms with E-state index in [1.807, 2.05) is 6.92 Å². The number of carbonyl (C=O) groups excluding carboxylic acids is 1. The lowest BCUT2D eigenvalue weighted by atomic mass is 10.1. The highest BCUT2D eigenvalue weighted by molar-refractivity contribution is 5.92. The van der Waals surface area contributed by atoms with Crippen molar-refractivity contribution in [3.8, 4) is 17.2 Å². The number of hydrogen-bond donors (Lipinski definition) is 1. The first-order chi connectivity index (χ1) is 15.7. The Labute approximate surface area is 185 Å². The molecular weight excluding hydrogens is 445 g/mol. The van der Waals surface area contributed by atoms with Crippen LogP contribution in [0.3, 0.4) is 0 Å². The number of nitrogens with zero attached hydrogens (tertiary/aromatic N) is 3. The number of hydrogen-bond acceptors (Lipinski definition) is 6. The van der Waals surface area contributed by atoms with Crippen molar-refractivity contribution in [1.82, 2.24) is 9.78 Å². The smallest absolute Gasteiger partial charge is 0.416 e. The van der Waals surface area contributed by atoms with E-state index in [1.165, 1.54) is 4.68 Å². The van der Waals surface area contributed by atoms with E-state index in [2.05, 4.69) is 10.4 Å². The van der Waals surface area contributed by atoms with Crippen LogP contribution < -0.4 is 14.8 Å². The molecule has 0 aliphatic heterocycles. The van der Waals surface area contributed by atoms with Gasteiger partial charge in [0, 0.05) is 13.0 Å². The molecular formula is C21H19F3N4O5. The lowest BCUT2D eigenvalue weighted by Crippen LogP contribution is -2.16. The molecule has 0 atom stereocenters. The van der Waals surface area contributed by atoms with Gasteiger partial charge >= 0.3 is 11.9 Å². The summed E-state index contributed by atoms with van der Waals surface area (Å²) < 4.78 is 51.8. The Morgan fingerprint density at radius 1 is 1.18 bits per heavy atom. The second-order valence-corrected chi connectivity index (χ2v) is 6.73. The second kappa shape index (κ2) is 10.0. The summed E-state index contributed by atoms with van der Waals surface area (Å²) in [7, 11) is 0. The predicted octanol–water partition coefficient (Wildman–Crippen LogP) is 5.03. The highest BCUT2D eigenvalue weighted by atomic mass is 19.4. The fraction of sp³-hybridized carbons (Fsp3) is 0.238. The van der Waals surface area contributed by atoms with E-state index in [0.717, 1.165) is 30.6 Å². The molecule has 1 aromatic heterocycles. The van der Waals surface area contributed by atoms with Gasteiger partial charge in [-0.25, -0.2) is 0 Å².